The topological polar surface area (TPSA) is 119 Å². The molecule has 0 atom stereocenters. The van der Waals surface area contributed by atoms with Crippen molar-refractivity contribution in [2.75, 3.05) is 0 Å². The molecule has 22 heavy (non-hydrogen) atoms. The van der Waals surface area contributed by atoms with E-state index >= 15 is 0 Å². The van der Waals surface area contributed by atoms with Gasteiger partial charge < -0.3 is 25.3 Å². The second kappa shape index (κ2) is 87.2. The molecule has 0 aliphatic carbocycles. The van der Waals surface area contributed by atoms with Gasteiger partial charge in [-0.15, -0.1) is 0 Å². The van der Waals surface area contributed by atoms with Gasteiger partial charge in [-0.3, -0.25) is 0 Å². The molecule has 0 saturated carbocycles. The molecule has 0 heterocycles. The van der Waals surface area contributed by atoms with Crippen LogP contribution in [0.1, 0.15) is 0 Å². The van der Waals surface area contributed by atoms with Crippen LogP contribution in [0.3, 0.4) is 0 Å². The van der Waals surface area contributed by atoms with E-state index in [2.05, 4.69) is 39.9 Å². The number of hydrogen-bond acceptors (Lipinski definition) is 2. The van der Waals surface area contributed by atoms with Gasteiger partial charge in [0.05, 0.1) is 0 Å². The van der Waals surface area contributed by atoms with Crippen LogP contribution in [0.4, 0.5) is 0 Å². The Kier molecular flexibility index (Phi) is 197. The molecule has 0 aliphatic rings. The van der Waals surface area contributed by atoms with Crippen molar-refractivity contribution in [1.29, 1.82) is 0 Å². The van der Waals surface area contributed by atoms with Gasteiger partial charge >= 0.3 is 107 Å². The average Bonchev–Trinajstić information content (AvgIpc) is 2.61. The zero-order valence-electron chi connectivity index (χ0n) is 10.3. The molecular weight excluding hydrogens is 506 g/mol. The van der Waals surface area contributed by atoms with Crippen molar-refractivity contribution < 1.29 is 66.9 Å². The third-order valence-corrected chi connectivity index (χ3v) is 1.69. The minimum atomic E-state index is 0. The van der Waals surface area contributed by atoms with Gasteiger partial charge in [0.1, 0.15) is 0 Å². The van der Waals surface area contributed by atoms with Gasteiger partial charge in [0.2, 0.25) is 0 Å². The summed E-state index contributed by atoms with van der Waals surface area (Å²) >= 11 is 9.70. The Labute approximate surface area is 165 Å². The summed E-state index contributed by atoms with van der Waals surface area (Å²) in [6, 6.07) is 7.44. The standard InChI is InChI=1S/C6H6S2.6CO.2Ru/c7-5-3-1-2-4-6(5)8;6*1-2;;/h1-4,7-8H;;;;;;;;/q;;;;;;;2*+1/p-2. The Morgan fingerprint density at radius 2 is 0.636 bits per heavy atom. The van der Waals surface area contributed by atoms with Gasteiger partial charge in [-0.05, 0) is 0 Å². The Morgan fingerprint density at radius 3 is 0.727 bits per heavy atom. The van der Waals surface area contributed by atoms with Crippen LogP contribution >= 0.6 is 0 Å². The molecule has 0 saturated heterocycles. The van der Waals surface area contributed by atoms with Gasteiger partial charge in [-0.25, -0.2) is 0 Å². The van der Waals surface area contributed by atoms with E-state index in [1.54, 1.807) is 0 Å². The van der Waals surface area contributed by atoms with Crippen LogP contribution in [0.5, 0.6) is 0 Å². The summed E-state index contributed by atoms with van der Waals surface area (Å²) < 4.78 is 45.0. The fourth-order valence-electron chi connectivity index (χ4n) is 0.450. The van der Waals surface area contributed by atoms with Gasteiger partial charge in [0, 0.05) is 0 Å². The van der Waals surface area contributed by atoms with Crippen molar-refractivity contribution in [2.24, 2.45) is 0 Å². The molecule has 1 aromatic rings. The second-order valence-electron chi connectivity index (χ2n) is 1.45. The Balaban J connectivity index is -0.0000000203. The van der Waals surface area contributed by atoms with E-state index in [9.17, 15) is 0 Å². The van der Waals surface area contributed by atoms with E-state index in [-0.39, 0.29) is 39.0 Å². The molecule has 0 aromatic heterocycles. The Bertz CT molecular complexity index is 346. The van der Waals surface area contributed by atoms with Gasteiger partial charge in [0.25, 0.3) is 0 Å². The van der Waals surface area contributed by atoms with Crippen molar-refractivity contribution in [3.8, 4) is 0 Å². The van der Waals surface area contributed by atoms with Crippen LogP contribution in [0.2, 0.25) is 0 Å². The molecule has 116 valence electrons. The molecule has 1 rings (SSSR count). The maximum absolute atomic E-state index is 7.50. The van der Waals surface area contributed by atoms with Crippen LogP contribution < -0.4 is 0 Å². The predicted octanol–water partition coefficient (Wildman–Crippen LogP) is 1.27. The van der Waals surface area contributed by atoms with Crippen LogP contribution in [-0.2, 0) is 92.1 Å². The summed E-state index contributed by atoms with van der Waals surface area (Å²) in [5.74, 6) is 0. The monoisotopic (exact) mass is 512 g/mol. The molecule has 2 radical (unpaired) electrons. The molecule has 0 amide bonds. The van der Waals surface area contributed by atoms with Crippen molar-refractivity contribution in [1.82, 2.24) is 0 Å². The fourth-order valence-corrected chi connectivity index (χ4v) is 0.743. The Morgan fingerprint density at radius 1 is 0.500 bits per heavy atom. The third-order valence-electron chi connectivity index (χ3n) is 0.849. The number of benzene rings is 1. The quantitative estimate of drug-likeness (QED) is 0.226. The summed E-state index contributed by atoms with van der Waals surface area (Å²) in [7, 11) is 0. The molecule has 0 spiro atoms. The molecular formula is C12H4O6Ru2S2. The first kappa shape index (κ1) is 49.6. The van der Waals surface area contributed by atoms with Gasteiger partial charge in [-0.1, -0.05) is 24.3 Å². The first-order valence-electron chi connectivity index (χ1n) is 3.46. The fraction of sp³-hybridized carbons (Fsp3) is 0. The average molecular weight is 510 g/mol. The van der Waals surface area contributed by atoms with Crippen LogP contribution in [0.25, 0.3) is 0 Å². The minimum absolute atomic E-state index is 0. The van der Waals surface area contributed by atoms with Crippen molar-refractivity contribution in [3.05, 3.63) is 64.2 Å². The molecule has 0 unspecified atom stereocenters. The zero-order valence-corrected chi connectivity index (χ0v) is 15.4. The van der Waals surface area contributed by atoms with Crippen molar-refractivity contribution in [2.45, 2.75) is 9.79 Å². The van der Waals surface area contributed by atoms with Gasteiger partial charge in [0.15, 0.2) is 0 Å². The number of rotatable bonds is 0. The predicted molar refractivity (Wildman–Crippen MR) is 61.3 cm³/mol. The van der Waals surface area contributed by atoms with E-state index < -0.39 is 0 Å². The maximum atomic E-state index is 7.50. The first-order chi connectivity index (χ1) is 9.80. The third kappa shape index (κ3) is 60.8. The molecule has 0 aliphatic heterocycles. The largest absolute Gasteiger partial charge is 1.00 e. The molecule has 0 N–H and O–H groups in total. The molecule has 6 nitrogen and oxygen atoms in total. The van der Waals surface area contributed by atoms with Crippen molar-refractivity contribution >= 4 is 25.3 Å². The van der Waals surface area contributed by atoms with Crippen LogP contribution in [0, 0.1) is 39.9 Å². The maximum Gasteiger partial charge on any atom is 1.00 e. The zero-order chi connectivity index (χ0) is 18.0. The minimum Gasteiger partial charge on any atom is -0.781 e. The summed E-state index contributed by atoms with van der Waals surface area (Å²) in [5, 5.41) is 0. The van der Waals surface area contributed by atoms with E-state index in [4.69, 9.17) is 53.2 Å². The molecule has 0 fully saturated rings. The first-order valence-corrected chi connectivity index (χ1v) is 4.28. The summed E-state index contributed by atoms with van der Waals surface area (Å²) in [6.45, 7) is 27.0. The normalized spacial score (nSPS) is 3.82. The summed E-state index contributed by atoms with van der Waals surface area (Å²) in [4.78, 5) is 1.53. The number of hydrogen-bond donors (Lipinski definition) is 0. The van der Waals surface area contributed by atoms with Gasteiger partial charge in [-0.2, -0.15) is 9.79 Å². The van der Waals surface area contributed by atoms with E-state index in [0.717, 1.165) is 9.79 Å². The molecule has 0 bridgehead atoms. The SMILES string of the molecule is [C-]#[O+].[C-]#[O+].[C-]#[O+].[C-]#[O+].[C-]#[O+].[C-]#[O+].[Ru+].[Ru+].[S-]c1ccccc1[S-]. The van der Waals surface area contributed by atoms with Crippen LogP contribution in [-0.4, -0.2) is 0 Å². The van der Waals surface area contributed by atoms with Crippen molar-refractivity contribution in [3.63, 3.8) is 0 Å². The molecule has 10 heteroatoms. The summed E-state index contributed by atoms with van der Waals surface area (Å²) in [5.41, 5.74) is 0. The summed E-state index contributed by atoms with van der Waals surface area (Å²) in [6.07, 6.45) is 0. The van der Waals surface area contributed by atoms with Crippen LogP contribution in [0.15, 0.2) is 34.1 Å². The van der Waals surface area contributed by atoms with E-state index in [1.165, 1.54) is 0 Å². The Hall–Kier alpha value is -0.653. The molecule has 1 aromatic carbocycles. The van der Waals surface area contributed by atoms with E-state index in [0.29, 0.717) is 0 Å². The van der Waals surface area contributed by atoms with E-state index in [1.807, 2.05) is 24.3 Å². The second-order valence-corrected chi connectivity index (χ2v) is 2.33. The smallest absolute Gasteiger partial charge is 0.781 e.